The number of nitrogens with zero attached hydrogens (tertiary/aromatic N) is 1. The zero-order valence-electron chi connectivity index (χ0n) is 15.5. The molecule has 0 saturated heterocycles. The van der Waals surface area contributed by atoms with Crippen LogP contribution in [0.25, 0.3) is 11.1 Å². The van der Waals surface area contributed by atoms with Gasteiger partial charge in [-0.15, -0.1) is 0 Å². The predicted octanol–water partition coefficient (Wildman–Crippen LogP) is 3.95. The molecular weight excluding hydrogens is 388 g/mol. The number of rotatable bonds is 5. The van der Waals surface area contributed by atoms with E-state index in [9.17, 15) is 18.3 Å². The fourth-order valence-electron chi connectivity index (χ4n) is 3.04. The molecule has 0 aliphatic rings. The number of carbonyl (C=O) groups is 1. The summed E-state index contributed by atoms with van der Waals surface area (Å²) in [7, 11) is -3.50. The van der Waals surface area contributed by atoms with Crippen LogP contribution in [0.1, 0.15) is 11.1 Å². The van der Waals surface area contributed by atoms with E-state index in [4.69, 9.17) is 5.26 Å². The first kappa shape index (κ1) is 20.1. The molecule has 7 heteroatoms. The Morgan fingerprint density at radius 3 is 2.48 bits per heavy atom. The Balaban J connectivity index is 1.97. The van der Waals surface area contributed by atoms with Crippen molar-refractivity contribution < 1.29 is 18.3 Å². The number of benzene rings is 3. The highest BCUT2D eigenvalue weighted by Gasteiger charge is 2.18. The Bertz CT molecular complexity index is 1230. The molecule has 0 spiro atoms. The number of nitriles is 1. The molecule has 1 N–H and O–H groups in total. The van der Waals surface area contributed by atoms with Crippen LogP contribution in [0, 0.1) is 11.3 Å². The van der Waals surface area contributed by atoms with Gasteiger partial charge in [-0.2, -0.15) is 5.26 Å². The molecular formula is C22H17N2O4S. The summed E-state index contributed by atoms with van der Waals surface area (Å²) in [5.41, 5.74) is 2.23. The molecule has 0 atom stereocenters. The van der Waals surface area contributed by atoms with Crippen LogP contribution < -0.4 is 5.32 Å². The van der Waals surface area contributed by atoms with Gasteiger partial charge in [0, 0.05) is 17.5 Å². The van der Waals surface area contributed by atoms with E-state index >= 15 is 0 Å². The van der Waals surface area contributed by atoms with Crippen molar-refractivity contribution in [3.63, 3.8) is 0 Å². The quantitative estimate of drug-likeness (QED) is 0.693. The van der Waals surface area contributed by atoms with Gasteiger partial charge in [0.05, 0.1) is 22.9 Å². The van der Waals surface area contributed by atoms with Crippen molar-refractivity contribution in [1.82, 2.24) is 0 Å². The first-order valence-electron chi connectivity index (χ1n) is 8.67. The van der Waals surface area contributed by atoms with Crippen LogP contribution in [0.4, 0.5) is 5.69 Å². The molecule has 3 rings (SSSR count). The van der Waals surface area contributed by atoms with E-state index in [1.807, 2.05) is 6.07 Å². The normalized spacial score (nSPS) is 10.9. The second kappa shape index (κ2) is 8.17. The number of amides is 1. The van der Waals surface area contributed by atoms with Crippen LogP contribution in [0.15, 0.2) is 71.6 Å². The summed E-state index contributed by atoms with van der Waals surface area (Å²) in [6.45, 7) is 0. The van der Waals surface area contributed by atoms with Crippen molar-refractivity contribution in [2.45, 2.75) is 11.3 Å². The van der Waals surface area contributed by atoms with Crippen LogP contribution >= 0.6 is 0 Å². The summed E-state index contributed by atoms with van der Waals surface area (Å²) in [6, 6.07) is 19.1. The monoisotopic (exact) mass is 405 g/mol. The molecule has 3 aromatic carbocycles. The predicted molar refractivity (Wildman–Crippen MR) is 109 cm³/mol. The van der Waals surface area contributed by atoms with Gasteiger partial charge in [-0.25, -0.2) is 8.42 Å². The van der Waals surface area contributed by atoms with Crippen LogP contribution in [-0.2, 0) is 26.2 Å². The van der Waals surface area contributed by atoms with E-state index in [-0.39, 0.29) is 23.0 Å². The van der Waals surface area contributed by atoms with Gasteiger partial charge in [0.1, 0.15) is 0 Å². The Hall–Kier alpha value is -3.63. The molecule has 1 amide bonds. The van der Waals surface area contributed by atoms with Crippen LogP contribution in [0.2, 0.25) is 0 Å². The topological polar surface area (TPSA) is 107 Å². The van der Waals surface area contributed by atoms with Gasteiger partial charge >= 0.3 is 0 Å². The lowest BCUT2D eigenvalue weighted by Gasteiger charge is -2.13. The summed E-state index contributed by atoms with van der Waals surface area (Å²) < 4.78 is 24.3. The van der Waals surface area contributed by atoms with E-state index < -0.39 is 9.84 Å². The van der Waals surface area contributed by atoms with Crippen molar-refractivity contribution in [3.05, 3.63) is 77.9 Å². The highest BCUT2D eigenvalue weighted by atomic mass is 32.2. The van der Waals surface area contributed by atoms with Gasteiger partial charge in [-0.3, -0.25) is 9.90 Å². The second-order valence-electron chi connectivity index (χ2n) is 6.50. The van der Waals surface area contributed by atoms with E-state index in [1.165, 1.54) is 24.3 Å². The zero-order valence-corrected chi connectivity index (χ0v) is 16.4. The van der Waals surface area contributed by atoms with Gasteiger partial charge in [0.15, 0.2) is 15.6 Å². The maximum Gasteiger partial charge on any atom is 0.228 e. The molecule has 0 saturated carbocycles. The molecule has 0 aliphatic carbocycles. The first-order valence-corrected chi connectivity index (χ1v) is 10.6. The van der Waals surface area contributed by atoms with Crippen LogP contribution in [0.5, 0.6) is 5.75 Å². The van der Waals surface area contributed by atoms with Gasteiger partial charge in [-0.05, 0) is 47.5 Å². The highest BCUT2D eigenvalue weighted by molar-refractivity contribution is 7.90. The van der Waals surface area contributed by atoms with E-state index in [0.717, 1.165) is 6.26 Å². The molecule has 1 radical (unpaired) electrons. The average molecular weight is 405 g/mol. The molecule has 3 aromatic rings. The number of hydrogen-bond donors (Lipinski definition) is 1. The van der Waals surface area contributed by atoms with Gasteiger partial charge in [0.2, 0.25) is 5.91 Å². The van der Waals surface area contributed by atoms with Gasteiger partial charge in [-0.1, -0.05) is 30.3 Å². The third-order valence-electron chi connectivity index (χ3n) is 4.28. The molecule has 6 nitrogen and oxygen atoms in total. The number of hydrogen-bond acceptors (Lipinski definition) is 4. The maximum atomic E-state index is 12.5. The van der Waals surface area contributed by atoms with Crippen LogP contribution in [-0.4, -0.2) is 20.6 Å². The molecule has 0 aliphatic heterocycles. The summed E-state index contributed by atoms with van der Waals surface area (Å²) in [6.07, 6.45) is 0.989. The van der Waals surface area contributed by atoms with E-state index in [0.29, 0.717) is 27.9 Å². The minimum absolute atomic E-state index is 0.125. The lowest BCUT2D eigenvalue weighted by atomic mass is 9.97. The Labute approximate surface area is 169 Å². The summed E-state index contributed by atoms with van der Waals surface area (Å²) in [5, 5.41) is 23.6. The third kappa shape index (κ3) is 4.81. The Morgan fingerprint density at radius 2 is 1.76 bits per heavy atom. The largest absolute Gasteiger partial charge is 0.326 e. The third-order valence-corrected chi connectivity index (χ3v) is 5.43. The van der Waals surface area contributed by atoms with Crippen molar-refractivity contribution in [3.8, 4) is 22.9 Å². The molecule has 145 valence electrons. The van der Waals surface area contributed by atoms with Crippen molar-refractivity contribution in [2.24, 2.45) is 0 Å². The molecule has 29 heavy (non-hydrogen) atoms. The lowest BCUT2D eigenvalue weighted by Crippen LogP contribution is -2.15. The van der Waals surface area contributed by atoms with Gasteiger partial charge < -0.3 is 5.32 Å². The van der Waals surface area contributed by atoms with Gasteiger partial charge in [0.25, 0.3) is 0 Å². The fourth-order valence-corrected chi connectivity index (χ4v) is 3.94. The van der Waals surface area contributed by atoms with Crippen LogP contribution in [0.3, 0.4) is 0 Å². The standard InChI is InChI=1S/C22H17N2O4S/c1-29(27,28)21-8-3-2-7-20(21)19-10-9-18(25)12-16(19)13-22(26)24-17-6-4-5-15(11-17)14-23/h2-12H,13H2,1H3,(H,24,26). The summed E-state index contributed by atoms with van der Waals surface area (Å²) in [5.74, 6) is -0.663. The lowest BCUT2D eigenvalue weighted by molar-refractivity contribution is -0.115. The maximum absolute atomic E-state index is 12.5. The van der Waals surface area contributed by atoms with Crippen molar-refractivity contribution in [1.29, 1.82) is 5.26 Å². The molecule has 0 unspecified atom stereocenters. The number of carbonyl (C=O) groups excluding carboxylic acids is 1. The highest BCUT2D eigenvalue weighted by Crippen LogP contribution is 2.32. The van der Waals surface area contributed by atoms with E-state index in [2.05, 4.69) is 5.32 Å². The SMILES string of the molecule is CS(=O)(=O)c1ccccc1-c1ccc([O])cc1CC(=O)Nc1cccc(C#N)c1. The minimum atomic E-state index is -3.50. The summed E-state index contributed by atoms with van der Waals surface area (Å²) >= 11 is 0. The number of anilines is 1. The number of sulfone groups is 1. The second-order valence-corrected chi connectivity index (χ2v) is 8.49. The Morgan fingerprint density at radius 1 is 1.00 bits per heavy atom. The molecule has 0 aromatic heterocycles. The summed E-state index contributed by atoms with van der Waals surface area (Å²) in [4.78, 5) is 12.7. The number of nitrogens with one attached hydrogen (secondary N) is 1. The smallest absolute Gasteiger partial charge is 0.228 e. The fraction of sp³-hybridized carbons (Fsp3) is 0.0909. The minimum Gasteiger partial charge on any atom is -0.326 e. The van der Waals surface area contributed by atoms with Crippen molar-refractivity contribution >= 4 is 21.4 Å². The van der Waals surface area contributed by atoms with Crippen molar-refractivity contribution in [2.75, 3.05) is 11.6 Å². The molecule has 0 fully saturated rings. The Kier molecular flexibility index (Phi) is 5.66. The average Bonchev–Trinajstić information content (AvgIpc) is 2.67. The molecule has 0 heterocycles. The van der Waals surface area contributed by atoms with E-state index in [1.54, 1.807) is 42.5 Å². The molecule has 0 bridgehead atoms. The first-order chi connectivity index (χ1) is 13.8. The zero-order chi connectivity index (χ0) is 21.0.